The van der Waals surface area contributed by atoms with Crippen molar-refractivity contribution in [3.8, 4) is 0 Å². The number of aryl methyl sites for hydroxylation is 2. The van der Waals surface area contributed by atoms with Crippen molar-refractivity contribution in [3.63, 3.8) is 0 Å². The fourth-order valence-electron chi connectivity index (χ4n) is 2.79. The molecule has 3 N–H and O–H groups in total. The first-order chi connectivity index (χ1) is 10.2. The van der Waals surface area contributed by atoms with Crippen LogP contribution in [0, 0.1) is 0 Å². The minimum atomic E-state index is 0.206. The Bertz CT molecular complexity index is 567. The van der Waals surface area contributed by atoms with Gasteiger partial charge in [0.1, 0.15) is 5.82 Å². The molecule has 2 aromatic heterocycles. The second-order valence-corrected chi connectivity index (χ2v) is 5.68. The van der Waals surface area contributed by atoms with Gasteiger partial charge < -0.3 is 10.6 Å². The third-order valence-electron chi connectivity index (χ3n) is 4.22. The van der Waals surface area contributed by atoms with E-state index < -0.39 is 0 Å². The molecule has 0 amide bonds. The molecule has 0 aliphatic carbocycles. The van der Waals surface area contributed by atoms with E-state index in [0.29, 0.717) is 6.04 Å². The molecule has 1 aliphatic heterocycles. The van der Waals surface area contributed by atoms with Crippen molar-refractivity contribution >= 4 is 5.95 Å². The smallest absolute Gasteiger partial charge is 0.244 e. The highest BCUT2D eigenvalue weighted by Crippen LogP contribution is 2.20. The van der Waals surface area contributed by atoms with Crippen LogP contribution < -0.4 is 10.6 Å². The molecule has 0 radical (unpaired) electrons. The Morgan fingerprint density at radius 3 is 2.95 bits per heavy atom. The van der Waals surface area contributed by atoms with Gasteiger partial charge in [-0.15, -0.1) is 5.10 Å². The maximum Gasteiger partial charge on any atom is 0.244 e. The standard InChI is InChI=1S/C15H22N6/c1-11-13(16)3-2-10-21(11)15-18-14(19-20-15)5-4-12-6-8-17-9-7-12/h6-9,11,13H,2-5,10,16H2,1H3,(H,18,19,20). The van der Waals surface area contributed by atoms with E-state index >= 15 is 0 Å². The first-order valence-electron chi connectivity index (χ1n) is 7.56. The molecule has 21 heavy (non-hydrogen) atoms. The van der Waals surface area contributed by atoms with Crippen LogP contribution in [0.4, 0.5) is 5.95 Å². The van der Waals surface area contributed by atoms with Crippen LogP contribution in [0.25, 0.3) is 0 Å². The van der Waals surface area contributed by atoms with Crippen molar-refractivity contribution in [2.75, 3.05) is 11.4 Å². The third kappa shape index (κ3) is 3.21. The van der Waals surface area contributed by atoms with E-state index in [1.807, 2.05) is 24.5 Å². The van der Waals surface area contributed by atoms with E-state index in [0.717, 1.165) is 44.0 Å². The summed E-state index contributed by atoms with van der Waals surface area (Å²) in [6, 6.07) is 4.56. The topological polar surface area (TPSA) is 83.7 Å². The molecule has 2 atom stereocenters. The van der Waals surface area contributed by atoms with Crippen LogP contribution >= 0.6 is 0 Å². The Labute approximate surface area is 124 Å². The van der Waals surface area contributed by atoms with E-state index in [4.69, 9.17) is 5.73 Å². The number of nitrogens with two attached hydrogens (primary N) is 1. The number of hydrogen-bond acceptors (Lipinski definition) is 5. The van der Waals surface area contributed by atoms with Gasteiger partial charge in [0, 0.05) is 37.4 Å². The van der Waals surface area contributed by atoms with Crippen LogP contribution in [0.3, 0.4) is 0 Å². The summed E-state index contributed by atoms with van der Waals surface area (Å²) in [5.41, 5.74) is 7.39. The van der Waals surface area contributed by atoms with Crippen LogP contribution in [-0.2, 0) is 12.8 Å². The van der Waals surface area contributed by atoms with Gasteiger partial charge >= 0.3 is 0 Å². The zero-order valence-corrected chi connectivity index (χ0v) is 12.4. The van der Waals surface area contributed by atoms with Gasteiger partial charge in [0.05, 0.1) is 0 Å². The predicted octanol–water partition coefficient (Wildman–Crippen LogP) is 1.30. The van der Waals surface area contributed by atoms with E-state index in [1.165, 1.54) is 5.56 Å². The van der Waals surface area contributed by atoms with Crippen LogP contribution in [0.2, 0.25) is 0 Å². The van der Waals surface area contributed by atoms with Crippen LogP contribution in [-0.4, -0.2) is 38.8 Å². The average molecular weight is 286 g/mol. The quantitative estimate of drug-likeness (QED) is 0.885. The minimum Gasteiger partial charge on any atom is -0.335 e. The molecule has 0 bridgehead atoms. The van der Waals surface area contributed by atoms with E-state index in [1.54, 1.807) is 0 Å². The molecule has 0 spiro atoms. The van der Waals surface area contributed by atoms with Crippen molar-refractivity contribution in [2.45, 2.75) is 44.7 Å². The number of pyridine rings is 1. The molecule has 2 unspecified atom stereocenters. The molecule has 1 fully saturated rings. The predicted molar refractivity (Wildman–Crippen MR) is 82.0 cm³/mol. The SMILES string of the molecule is CC1C(N)CCCN1c1n[nH]c(CCc2ccncc2)n1. The number of aromatic amines is 1. The fraction of sp³-hybridized carbons (Fsp3) is 0.533. The van der Waals surface area contributed by atoms with Crippen molar-refractivity contribution < 1.29 is 0 Å². The molecular formula is C15H22N6. The second-order valence-electron chi connectivity index (χ2n) is 5.68. The number of hydrogen-bond donors (Lipinski definition) is 2. The van der Waals surface area contributed by atoms with Gasteiger partial charge in [0.25, 0.3) is 0 Å². The van der Waals surface area contributed by atoms with Crippen molar-refractivity contribution in [2.24, 2.45) is 5.73 Å². The Balaban J connectivity index is 1.63. The van der Waals surface area contributed by atoms with Crippen molar-refractivity contribution in [1.82, 2.24) is 20.2 Å². The Morgan fingerprint density at radius 2 is 2.14 bits per heavy atom. The van der Waals surface area contributed by atoms with Gasteiger partial charge in [-0.25, -0.2) is 0 Å². The van der Waals surface area contributed by atoms with Crippen LogP contribution in [0.1, 0.15) is 31.2 Å². The molecule has 0 saturated carbocycles. The molecule has 112 valence electrons. The molecule has 0 aromatic carbocycles. The number of nitrogens with zero attached hydrogens (tertiary/aromatic N) is 4. The molecule has 6 nitrogen and oxygen atoms in total. The highest BCUT2D eigenvalue weighted by atomic mass is 15.4. The Hall–Kier alpha value is -1.95. The Kier molecular flexibility index (Phi) is 4.15. The number of aromatic nitrogens is 4. The minimum absolute atomic E-state index is 0.206. The first kappa shape index (κ1) is 14.0. The molecule has 1 saturated heterocycles. The molecule has 3 heterocycles. The monoisotopic (exact) mass is 286 g/mol. The lowest BCUT2D eigenvalue weighted by Gasteiger charge is -2.36. The van der Waals surface area contributed by atoms with Crippen LogP contribution in [0.5, 0.6) is 0 Å². The molecule has 2 aromatic rings. The maximum atomic E-state index is 6.13. The lowest BCUT2D eigenvalue weighted by Crippen LogP contribution is -2.50. The summed E-state index contributed by atoms with van der Waals surface area (Å²) in [7, 11) is 0. The van der Waals surface area contributed by atoms with Gasteiger partial charge in [-0.1, -0.05) is 0 Å². The average Bonchev–Trinajstić information content (AvgIpc) is 2.98. The van der Waals surface area contributed by atoms with E-state index in [-0.39, 0.29) is 6.04 Å². The number of rotatable bonds is 4. The molecule has 3 rings (SSSR count). The summed E-state index contributed by atoms with van der Waals surface area (Å²) in [6.45, 7) is 3.13. The summed E-state index contributed by atoms with van der Waals surface area (Å²) in [5.74, 6) is 1.70. The summed E-state index contributed by atoms with van der Waals surface area (Å²) in [4.78, 5) is 10.9. The summed E-state index contributed by atoms with van der Waals surface area (Å²) in [5, 5.41) is 7.41. The highest BCUT2D eigenvalue weighted by Gasteiger charge is 2.27. The van der Waals surface area contributed by atoms with Crippen molar-refractivity contribution in [1.29, 1.82) is 0 Å². The van der Waals surface area contributed by atoms with Crippen molar-refractivity contribution in [3.05, 3.63) is 35.9 Å². The fourth-order valence-corrected chi connectivity index (χ4v) is 2.79. The lowest BCUT2D eigenvalue weighted by atomic mass is 9.99. The molecule has 6 heteroatoms. The zero-order chi connectivity index (χ0) is 14.7. The van der Waals surface area contributed by atoms with Gasteiger partial charge in [-0.2, -0.15) is 4.98 Å². The maximum absolute atomic E-state index is 6.13. The molecular weight excluding hydrogens is 264 g/mol. The zero-order valence-electron chi connectivity index (χ0n) is 12.4. The summed E-state index contributed by atoms with van der Waals surface area (Å²) in [6.07, 6.45) is 7.61. The van der Waals surface area contributed by atoms with E-state index in [9.17, 15) is 0 Å². The normalized spacial score (nSPS) is 22.5. The van der Waals surface area contributed by atoms with Gasteiger partial charge in [-0.3, -0.25) is 10.1 Å². The highest BCUT2D eigenvalue weighted by molar-refractivity contribution is 5.32. The van der Waals surface area contributed by atoms with Gasteiger partial charge in [0.15, 0.2) is 0 Å². The second kappa shape index (κ2) is 6.22. The number of piperidine rings is 1. The van der Waals surface area contributed by atoms with Gasteiger partial charge in [0.2, 0.25) is 5.95 Å². The summed E-state index contributed by atoms with van der Waals surface area (Å²) < 4.78 is 0. The first-order valence-corrected chi connectivity index (χ1v) is 7.56. The third-order valence-corrected chi connectivity index (χ3v) is 4.22. The lowest BCUT2D eigenvalue weighted by molar-refractivity contribution is 0.416. The number of nitrogens with one attached hydrogen (secondary N) is 1. The summed E-state index contributed by atoms with van der Waals surface area (Å²) >= 11 is 0. The van der Waals surface area contributed by atoms with E-state index in [2.05, 4.69) is 32.0 Å². The Morgan fingerprint density at radius 1 is 1.33 bits per heavy atom. The van der Waals surface area contributed by atoms with Gasteiger partial charge in [-0.05, 0) is 43.9 Å². The largest absolute Gasteiger partial charge is 0.335 e. The van der Waals surface area contributed by atoms with Crippen LogP contribution in [0.15, 0.2) is 24.5 Å². The number of H-pyrrole nitrogens is 1. The number of anilines is 1. The molecule has 1 aliphatic rings.